The Labute approximate surface area is 110 Å². The molecule has 0 aliphatic rings. The Balaban J connectivity index is 2.38. The molecule has 0 aliphatic carbocycles. The van der Waals surface area contributed by atoms with Gasteiger partial charge in [0.25, 0.3) is 0 Å². The summed E-state index contributed by atoms with van der Waals surface area (Å²) >= 11 is 1.04. The van der Waals surface area contributed by atoms with E-state index in [9.17, 15) is 13.2 Å². The van der Waals surface area contributed by atoms with Crippen LogP contribution in [0.4, 0.5) is 13.2 Å². The lowest BCUT2D eigenvalue weighted by molar-refractivity contribution is -0.275. The number of nitrogens with two attached hydrogens (primary N) is 1. The number of nitrogens with one attached hydrogen (secondary N) is 1. The zero-order chi connectivity index (χ0) is 13.9. The van der Waals surface area contributed by atoms with E-state index < -0.39 is 12.4 Å². The fourth-order valence-electron chi connectivity index (χ4n) is 1.56. The van der Waals surface area contributed by atoms with E-state index in [1.54, 1.807) is 6.07 Å². The molecule has 1 atom stereocenters. The lowest BCUT2D eigenvalue weighted by Gasteiger charge is -2.18. The van der Waals surface area contributed by atoms with Crippen molar-refractivity contribution in [2.45, 2.75) is 12.4 Å². The number of nitrogens with zero attached hydrogens (tertiary/aromatic N) is 2. The first-order chi connectivity index (χ1) is 9.01. The number of rotatable bonds is 4. The number of hydrazine groups is 1. The van der Waals surface area contributed by atoms with Crippen LogP contribution in [0.3, 0.4) is 0 Å². The highest BCUT2D eigenvalue weighted by Crippen LogP contribution is 2.33. The molecule has 0 saturated carbocycles. The third-order valence-corrected chi connectivity index (χ3v) is 3.01. The smallest absolute Gasteiger partial charge is 0.405 e. The molecule has 0 radical (unpaired) electrons. The van der Waals surface area contributed by atoms with Gasteiger partial charge in [-0.25, -0.2) is 5.43 Å². The number of alkyl halides is 3. The van der Waals surface area contributed by atoms with E-state index in [4.69, 9.17) is 5.84 Å². The van der Waals surface area contributed by atoms with Crippen LogP contribution < -0.4 is 16.0 Å². The van der Waals surface area contributed by atoms with Gasteiger partial charge in [0.2, 0.25) is 0 Å². The van der Waals surface area contributed by atoms with Gasteiger partial charge in [0.05, 0.1) is 17.1 Å². The summed E-state index contributed by atoms with van der Waals surface area (Å²) in [5.74, 6) is 5.08. The van der Waals surface area contributed by atoms with Crippen molar-refractivity contribution in [2.75, 3.05) is 0 Å². The second kappa shape index (κ2) is 5.51. The van der Waals surface area contributed by atoms with Crippen LogP contribution in [0.2, 0.25) is 0 Å². The molecule has 9 heteroatoms. The lowest BCUT2D eigenvalue weighted by atomic mass is 10.1. The molecule has 0 bridgehead atoms. The van der Waals surface area contributed by atoms with Gasteiger partial charge >= 0.3 is 6.36 Å². The highest BCUT2D eigenvalue weighted by atomic mass is 32.1. The summed E-state index contributed by atoms with van der Waals surface area (Å²) in [5, 5.41) is 3.63. The first-order valence-electron chi connectivity index (χ1n) is 5.09. The molecule has 2 rings (SSSR count). The Morgan fingerprint density at radius 2 is 2.05 bits per heavy atom. The van der Waals surface area contributed by atoms with Gasteiger partial charge in [-0.15, -0.1) is 18.3 Å². The summed E-state index contributed by atoms with van der Waals surface area (Å²) in [6, 6.07) is 5.09. The minimum absolute atomic E-state index is 0.258. The van der Waals surface area contributed by atoms with Gasteiger partial charge in [0.15, 0.2) is 0 Å². The van der Waals surface area contributed by atoms with Crippen LogP contribution in [0.25, 0.3) is 0 Å². The van der Waals surface area contributed by atoms with Gasteiger partial charge in [-0.2, -0.15) is 0 Å². The van der Waals surface area contributed by atoms with Crippen molar-refractivity contribution < 1.29 is 17.9 Å². The maximum Gasteiger partial charge on any atom is 0.573 e. The van der Waals surface area contributed by atoms with Crippen molar-refractivity contribution in [1.29, 1.82) is 0 Å². The molecule has 1 heterocycles. The van der Waals surface area contributed by atoms with E-state index >= 15 is 0 Å². The molecule has 102 valence electrons. The monoisotopic (exact) mass is 290 g/mol. The number of aromatic nitrogens is 2. The lowest BCUT2D eigenvalue weighted by Crippen LogP contribution is -2.29. The van der Waals surface area contributed by atoms with Crippen LogP contribution in [0.15, 0.2) is 30.5 Å². The quantitative estimate of drug-likeness (QED) is 0.665. The zero-order valence-electron chi connectivity index (χ0n) is 9.39. The van der Waals surface area contributed by atoms with Gasteiger partial charge in [-0.1, -0.05) is 22.7 Å². The number of hydrogen-bond donors (Lipinski definition) is 2. The molecule has 2 aromatic rings. The van der Waals surface area contributed by atoms with Crippen molar-refractivity contribution >= 4 is 11.5 Å². The van der Waals surface area contributed by atoms with Crippen LogP contribution in [-0.2, 0) is 0 Å². The van der Waals surface area contributed by atoms with E-state index in [0.717, 1.165) is 11.5 Å². The van der Waals surface area contributed by atoms with E-state index in [-0.39, 0.29) is 11.3 Å². The fraction of sp³-hybridized carbons (Fsp3) is 0.200. The van der Waals surface area contributed by atoms with Gasteiger partial charge in [0, 0.05) is 5.56 Å². The highest BCUT2D eigenvalue weighted by Gasteiger charge is 2.33. The second-order valence-electron chi connectivity index (χ2n) is 3.51. The summed E-state index contributed by atoms with van der Waals surface area (Å²) in [4.78, 5) is 0.584. The van der Waals surface area contributed by atoms with Crippen LogP contribution in [0, 0.1) is 0 Å². The largest absolute Gasteiger partial charge is 0.573 e. The number of para-hydroxylation sites is 1. The third kappa shape index (κ3) is 3.40. The maximum absolute atomic E-state index is 12.3. The van der Waals surface area contributed by atoms with E-state index in [2.05, 4.69) is 19.7 Å². The molecular formula is C10H9F3N4OS. The van der Waals surface area contributed by atoms with E-state index in [1.165, 1.54) is 24.4 Å². The van der Waals surface area contributed by atoms with Crippen LogP contribution in [0.5, 0.6) is 5.75 Å². The SMILES string of the molecule is NNC(c1cnns1)c1ccccc1OC(F)(F)F. The Bertz CT molecular complexity index is 532. The standard InChI is InChI=1S/C10H9F3N4OS/c11-10(12,13)18-7-4-2-1-3-6(7)9(16-14)8-5-15-17-19-8/h1-5,9,16H,14H2. The fourth-order valence-corrected chi connectivity index (χ4v) is 2.15. The summed E-state index contributed by atoms with van der Waals surface area (Å²) < 4.78 is 44.6. The maximum atomic E-state index is 12.3. The highest BCUT2D eigenvalue weighted by molar-refractivity contribution is 7.05. The summed E-state index contributed by atoms with van der Waals surface area (Å²) in [5.41, 5.74) is 2.69. The Hall–Kier alpha value is -1.71. The molecule has 5 nitrogen and oxygen atoms in total. The van der Waals surface area contributed by atoms with Gasteiger partial charge in [-0.05, 0) is 17.6 Å². The molecule has 0 fully saturated rings. The number of halogens is 3. The molecule has 0 saturated heterocycles. The summed E-state index contributed by atoms with van der Waals surface area (Å²) in [6.07, 6.45) is -3.33. The van der Waals surface area contributed by atoms with Crippen LogP contribution in [-0.4, -0.2) is 15.9 Å². The second-order valence-corrected chi connectivity index (χ2v) is 4.32. The van der Waals surface area contributed by atoms with E-state index in [0.29, 0.717) is 4.88 Å². The molecule has 3 N–H and O–H groups in total. The third-order valence-electron chi connectivity index (χ3n) is 2.29. The van der Waals surface area contributed by atoms with Crippen molar-refractivity contribution in [2.24, 2.45) is 5.84 Å². The summed E-state index contributed by atoms with van der Waals surface area (Å²) in [7, 11) is 0. The first-order valence-corrected chi connectivity index (χ1v) is 5.86. The van der Waals surface area contributed by atoms with Crippen molar-refractivity contribution in [1.82, 2.24) is 15.0 Å². The molecular weight excluding hydrogens is 281 g/mol. The Morgan fingerprint density at radius 3 is 2.63 bits per heavy atom. The molecule has 19 heavy (non-hydrogen) atoms. The zero-order valence-corrected chi connectivity index (χ0v) is 10.2. The first kappa shape index (κ1) is 13.7. The number of benzene rings is 1. The predicted octanol–water partition coefficient (Wildman–Crippen LogP) is 1.99. The van der Waals surface area contributed by atoms with Crippen LogP contribution in [0.1, 0.15) is 16.5 Å². The molecule has 0 amide bonds. The average molecular weight is 290 g/mol. The Kier molecular flexibility index (Phi) is 3.98. The van der Waals surface area contributed by atoms with Crippen molar-refractivity contribution in [3.05, 3.63) is 40.9 Å². The van der Waals surface area contributed by atoms with Gasteiger partial charge in [-0.3, -0.25) is 5.84 Å². The average Bonchev–Trinajstić information content (AvgIpc) is 2.84. The number of ether oxygens (including phenoxy) is 1. The molecule has 1 aromatic carbocycles. The van der Waals surface area contributed by atoms with Gasteiger partial charge in [0.1, 0.15) is 5.75 Å². The Morgan fingerprint density at radius 1 is 1.32 bits per heavy atom. The minimum atomic E-state index is -4.76. The van der Waals surface area contributed by atoms with Crippen molar-refractivity contribution in [3.63, 3.8) is 0 Å². The molecule has 0 aliphatic heterocycles. The van der Waals surface area contributed by atoms with Crippen molar-refractivity contribution in [3.8, 4) is 5.75 Å². The number of hydrogen-bond acceptors (Lipinski definition) is 6. The predicted molar refractivity (Wildman–Crippen MR) is 62.2 cm³/mol. The summed E-state index contributed by atoms with van der Waals surface area (Å²) in [6.45, 7) is 0. The topological polar surface area (TPSA) is 73.1 Å². The minimum Gasteiger partial charge on any atom is -0.405 e. The van der Waals surface area contributed by atoms with E-state index in [1.807, 2.05) is 0 Å². The molecule has 1 unspecified atom stereocenters. The van der Waals surface area contributed by atoms with Crippen LogP contribution >= 0.6 is 11.5 Å². The van der Waals surface area contributed by atoms with Gasteiger partial charge < -0.3 is 4.74 Å². The molecule has 0 spiro atoms. The normalized spacial score (nSPS) is 13.3. The molecule has 1 aromatic heterocycles.